The number of amides is 3. The summed E-state index contributed by atoms with van der Waals surface area (Å²) in [6.45, 7) is 4.59. The summed E-state index contributed by atoms with van der Waals surface area (Å²) in [4.78, 5) is 34.5. The summed E-state index contributed by atoms with van der Waals surface area (Å²) >= 11 is 5.93. The molecule has 1 aromatic carbocycles. The monoisotopic (exact) mass is 356 g/mol. The molecule has 1 atom stereocenters. The van der Waals surface area contributed by atoms with Crippen LogP contribution in [0, 0.1) is 6.92 Å². The lowest BCUT2D eigenvalue weighted by Crippen LogP contribution is -2.44. The number of rotatable bonds is 7. The minimum atomic E-state index is -0.745. The van der Waals surface area contributed by atoms with Gasteiger partial charge in [-0.25, -0.2) is 9.59 Å². The highest BCUT2D eigenvalue weighted by Gasteiger charge is 2.13. The molecule has 8 heteroatoms. The van der Waals surface area contributed by atoms with E-state index in [1.165, 1.54) is 0 Å². The maximum Gasteiger partial charge on any atom is 0.344 e. The molecule has 0 aliphatic rings. The van der Waals surface area contributed by atoms with Gasteiger partial charge in [-0.05, 0) is 38.0 Å². The topological polar surface area (TPSA) is 93.7 Å². The second kappa shape index (κ2) is 9.77. The maximum absolute atomic E-state index is 11.6. The van der Waals surface area contributed by atoms with Crippen molar-refractivity contribution in [2.75, 3.05) is 13.2 Å². The molecular weight excluding hydrogens is 336 g/mol. The summed E-state index contributed by atoms with van der Waals surface area (Å²) < 4.78 is 9.97. The first-order valence-corrected chi connectivity index (χ1v) is 7.84. The Balaban J connectivity index is 2.31. The fourth-order valence-electron chi connectivity index (χ4n) is 1.57. The van der Waals surface area contributed by atoms with Gasteiger partial charge in [-0.2, -0.15) is 0 Å². The molecule has 0 aliphatic heterocycles. The lowest BCUT2D eigenvalue weighted by molar-refractivity contribution is -0.150. The number of ether oxygens (including phenoxy) is 2. The van der Waals surface area contributed by atoms with Crippen molar-refractivity contribution in [3.63, 3.8) is 0 Å². The van der Waals surface area contributed by atoms with Gasteiger partial charge in [0.2, 0.25) is 0 Å². The average Bonchev–Trinajstić information content (AvgIpc) is 2.53. The number of hydrogen-bond donors (Lipinski definition) is 2. The first-order chi connectivity index (χ1) is 11.3. The number of hydrogen-bond acceptors (Lipinski definition) is 5. The van der Waals surface area contributed by atoms with Gasteiger partial charge >= 0.3 is 12.0 Å². The summed E-state index contributed by atoms with van der Waals surface area (Å²) in [5.41, 5.74) is 0.925. The quantitative estimate of drug-likeness (QED) is 0.730. The van der Waals surface area contributed by atoms with Crippen LogP contribution >= 0.6 is 11.6 Å². The number of esters is 1. The largest absolute Gasteiger partial charge is 0.480 e. The smallest absolute Gasteiger partial charge is 0.344 e. The Kier molecular flexibility index (Phi) is 8.05. The predicted molar refractivity (Wildman–Crippen MR) is 89.1 cm³/mol. The highest BCUT2D eigenvalue weighted by atomic mass is 35.5. The molecule has 0 aliphatic carbocycles. The second-order valence-electron chi connectivity index (χ2n) is 5.21. The van der Waals surface area contributed by atoms with Crippen molar-refractivity contribution in [3.05, 3.63) is 28.8 Å². The minimum absolute atomic E-state index is 0.0622. The van der Waals surface area contributed by atoms with E-state index in [1.54, 1.807) is 19.1 Å². The van der Waals surface area contributed by atoms with E-state index in [2.05, 4.69) is 10.6 Å². The Morgan fingerprint density at radius 1 is 1.25 bits per heavy atom. The third-order valence-electron chi connectivity index (χ3n) is 3.04. The van der Waals surface area contributed by atoms with Crippen LogP contribution < -0.4 is 15.4 Å². The fourth-order valence-corrected chi connectivity index (χ4v) is 1.74. The first-order valence-electron chi connectivity index (χ1n) is 7.46. The van der Waals surface area contributed by atoms with Gasteiger partial charge in [0.05, 0.1) is 5.02 Å². The third-order valence-corrected chi connectivity index (χ3v) is 3.35. The molecule has 2 N–H and O–H groups in total. The molecule has 7 nitrogen and oxygen atoms in total. The molecule has 0 fully saturated rings. The summed E-state index contributed by atoms with van der Waals surface area (Å²) in [6.07, 6.45) is 0.732. The number of benzene rings is 1. The van der Waals surface area contributed by atoms with E-state index in [1.807, 2.05) is 19.9 Å². The average molecular weight is 357 g/mol. The lowest BCUT2D eigenvalue weighted by atomic mass is 10.2. The number of carbonyl (C=O) groups is 3. The van der Waals surface area contributed by atoms with Crippen LogP contribution in [0.3, 0.4) is 0 Å². The lowest BCUT2D eigenvalue weighted by Gasteiger charge is -2.12. The highest BCUT2D eigenvalue weighted by molar-refractivity contribution is 6.32. The zero-order valence-corrected chi connectivity index (χ0v) is 14.6. The molecule has 0 radical (unpaired) electrons. The molecule has 0 bridgehead atoms. The number of imide groups is 1. The van der Waals surface area contributed by atoms with E-state index in [-0.39, 0.29) is 6.04 Å². The van der Waals surface area contributed by atoms with Crippen molar-refractivity contribution in [1.29, 1.82) is 0 Å². The molecule has 0 aromatic heterocycles. The Bertz CT molecular complexity index is 606. The first kappa shape index (κ1) is 19.8. The molecule has 0 unspecified atom stereocenters. The molecule has 24 heavy (non-hydrogen) atoms. The van der Waals surface area contributed by atoms with Crippen LogP contribution in [0.4, 0.5) is 4.79 Å². The number of aryl methyl sites for hydroxylation is 1. The van der Waals surface area contributed by atoms with Crippen molar-refractivity contribution in [1.82, 2.24) is 10.6 Å². The standard InChI is InChI=1S/C16H21ClN2O5/c1-4-11(3)18-16(22)19-14(20)8-24-15(21)9-23-13-7-10(2)5-6-12(13)17/h5-7,11H,4,8-9H2,1-3H3,(H2,18,19,20,22)/t11-/m1/s1. The number of urea groups is 1. The highest BCUT2D eigenvalue weighted by Crippen LogP contribution is 2.25. The normalized spacial score (nSPS) is 11.3. The molecule has 0 saturated carbocycles. The fraction of sp³-hybridized carbons (Fsp3) is 0.438. The molecule has 132 valence electrons. The molecular formula is C16H21ClN2O5. The van der Waals surface area contributed by atoms with Crippen LogP contribution in [0.25, 0.3) is 0 Å². The van der Waals surface area contributed by atoms with E-state index >= 15 is 0 Å². The molecule has 1 aromatic rings. The zero-order chi connectivity index (χ0) is 18.1. The van der Waals surface area contributed by atoms with Gasteiger partial charge in [-0.3, -0.25) is 10.1 Å². The van der Waals surface area contributed by atoms with E-state index in [9.17, 15) is 14.4 Å². The molecule has 0 heterocycles. The van der Waals surface area contributed by atoms with Crippen LogP contribution in [-0.2, 0) is 14.3 Å². The van der Waals surface area contributed by atoms with Crippen molar-refractivity contribution in [3.8, 4) is 5.75 Å². The molecule has 1 rings (SSSR count). The van der Waals surface area contributed by atoms with Gasteiger partial charge in [0.1, 0.15) is 5.75 Å². The second-order valence-corrected chi connectivity index (χ2v) is 5.62. The van der Waals surface area contributed by atoms with E-state index in [0.717, 1.165) is 12.0 Å². The van der Waals surface area contributed by atoms with Gasteiger partial charge in [-0.15, -0.1) is 0 Å². The van der Waals surface area contributed by atoms with Crippen LogP contribution in [-0.4, -0.2) is 37.2 Å². The Morgan fingerprint density at radius 3 is 2.62 bits per heavy atom. The Morgan fingerprint density at radius 2 is 1.96 bits per heavy atom. The van der Waals surface area contributed by atoms with E-state index in [4.69, 9.17) is 21.1 Å². The molecule has 0 saturated heterocycles. The zero-order valence-electron chi connectivity index (χ0n) is 13.8. The number of halogens is 1. The number of nitrogens with one attached hydrogen (secondary N) is 2. The van der Waals surface area contributed by atoms with E-state index < -0.39 is 31.1 Å². The molecule has 0 spiro atoms. The van der Waals surface area contributed by atoms with Crippen LogP contribution in [0.1, 0.15) is 25.8 Å². The third kappa shape index (κ3) is 7.32. The van der Waals surface area contributed by atoms with Crippen molar-refractivity contribution >= 4 is 29.5 Å². The van der Waals surface area contributed by atoms with Crippen molar-refractivity contribution < 1.29 is 23.9 Å². The van der Waals surface area contributed by atoms with Crippen LogP contribution in [0.15, 0.2) is 18.2 Å². The Labute approximate surface area is 145 Å². The van der Waals surface area contributed by atoms with Crippen LogP contribution in [0.2, 0.25) is 5.02 Å². The molecule has 3 amide bonds. The van der Waals surface area contributed by atoms with Gasteiger partial charge < -0.3 is 14.8 Å². The minimum Gasteiger partial charge on any atom is -0.480 e. The van der Waals surface area contributed by atoms with Gasteiger partial charge in [-0.1, -0.05) is 24.6 Å². The van der Waals surface area contributed by atoms with Gasteiger partial charge in [0.15, 0.2) is 13.2 Å². The van der Waals surface area contributed by atoms with Gasteiger partial charge in [0.25, 0.3) is 5.91 Å². The predicted octanol–water partition coefficient (Wildman–Crippen LogP) is 2.19. The SMILES string of the molecule is CC[C@@H](C)NC(=O)NC(=O)COC(=O)COc1cc(C)ccc1Cl. The number of carbonyl (C=O) groups excluding carboxylic acids is 3. The van der Waals surface area contributed by atoms with E-state index in [0.29, 0.717) is 10.8 Å². The van der Waals surface area contributed by atoms with Crippen molar-refractivity contribution in [2.45, 2.75) is 33.2 Å². The van der Waals surface area contributed by atoms with Crippen molar-refractivity contribution in [2.24, 2.45) is 0 Å². The summed E-state index contributed by atoms with van der Waals surface area (Å²) in [7, 11) is 0. The Hall–Kier alpha value is -2.28. The summed E-state index contributed by atoms with van der Waals surface area (Å²) in [5.74, 6) is -1.12. The van der Waals surface area contributed by atoms with Gasteiger partial charge in [0, 0.05) is 6.04 Å². The maximum atomic E-state index is 11.6. The summed E-state index contributed by atoms with van der Waals surface area (Å²) in [6, 6.07) is 4.45. The summed E-state index contributed by atoms with van der Waals surface area (Å²) in [5, 5.41) is 4.99. The van der Waals surface area contributed by atoms with Crippen LogP contribution in [0.5, 0.6) is 5.75 Å².